The molecule has 0 saturated carbocycles. The molecule has 1 aliphatic heterocycles. The van der Waals surface area contributed by atoms with Crippen LogP contribution in [-0.2, 0) is 11.2 Å². The van der Waals surface area contributed by atoms with Crippen LogP contribution in [-0.4, -0.2) is 37.4 Å². The number of anilines is 1. The zero-order valence-electron chi connectivity index (χ0n) is 13.8. The summed E-state index contributed by atoms with van der Waals surface area (Å²) in [6.45, 7) is 0.556. The smallest absolute Gasteiger partial charge is 0.251 e. The fourth-order valence-electron chi connectivity index (χ4n) is 2.83. The van der Waals surface area contributed by atoms with Crippen LogP contribution in [0.3, 0.4) is 0 Å². The van der Waals surface area contributed by atoms with E-state index in [2.05, 4.69) is 21.6 Å². The van der Waals surface area contributed by atoms with Crippen molar-refractivity contribution in [2.45, 2.75) is 18.9 Å². The SMILES string of the molecule is CN(C)[C@H](CNC(=O)c1ccc2c(c1)CCC(=O)N2)c1cccs1. The molecule has 2 amide bonds. The van der Waals surface area contributed by atoms with E-state index in [0.29, 0.717) is 24.9 Å². The maximum absolute atomic E-state index is 12.5. The first-order valence-corrected chi connectivity index (χ1v) is 8.83. The molecule has 24 heavy (non-hydrogen) atoms. The number of hydrogen-bond acceptors (Lipinski definition) is 4. The molecule has 0 aliphatic carbocycles. The van der Waals surface area contributed by atoms with E-state index in [4.69, 9.17) is 0 Å². The summed E-state index contributed by atoms with van der Waals surface area (Å²) >= 11 is 1.69. The standard InChI is InChI=1S/C18H21N3O2S/c1-21(2)15(16-4-3-9-24-16)11-19-18(23)13-5-7-14-12(10-13)6-8-17(22)20-14/h3-5,7,9-10,15H,6,8,11H2,1-2H3,(H,19,23)(H,20,22)/t15-/m1/s1. The van der Waals surface area contributed by atoms with Crippen LogP contribution in [0.5, 0.6) is 0 Å². The highest BCUT2D eigenvalue weighted by Gasteiger charge is 2.19. The molecule has 5 nitrogen and oxygen atoms in total. The lowest BCUT2D eigenvalue weighted by atomic mass is 10.00. The first kappa shape index (κ1) is 16.7. The van der Waals surface area contributed by atoms with Gasteiger partial charge in [0.05, 0.1) is 6.04 Å². The number of hydrogen-bond donors (Lipinski definition) is 2. The Morgan fingerprint density at radius 1 is 1.33 bits per heavy atom. The van der Waals surface area contributed by atoms with Gasteiger partial charge in [-0.15, -0.1) is 11.3 Å². The number of carbonyl (C=O) groups is 2. The van der Waals surface area contributed by atoms with Crippen LogP contribution in [0, 0.1) is 0 Å². The number of benzene rings is 1. The van der Waals surface area contributed by atoms with Crippen molar-refractivity contribution < 1.29 is 9.59 Å². The number of aryl methyl sites for hydroxylation is 1. The van der Waals surface area contributed by atoms with Crippen LogP contribution in [0.15, 0.2) is 35.7 Å². The second-order valence-electron chi connectivity index (χ2n) is 6.12. The van der Waals surface area contributed by atoms with Crippen molar-refractivity contribution in [2.24, 2.45) is 0 Å². The molecule has 1 aliphatic rings. The highest BCUT2D eigenvalue weighted by molar-refractivity contribution is 7.10. The summed E-state index contributed by atoms with van der Waals surface area (Å²) in [5.74, 6) is -0.0532. The van der Waals surface area contributed by atoms with E-state index < -0.39 is 0 Å². The monoisotopic (exact) mass is 343 g/mol. The summed E-state index contributed by atoms with van der Waals surface area (Å²) in [6, 6.07) is 9.71. The lowest BCUT2D eigenvalue weighted by Gasteiger charge is -2.23. The zero-order chi connectivity index (χ0) is 17.1. The number of likely N-dealkylation sites (N-methyl/N-ethyl adjacent to an activating group) is 1. The number of nitrogens with one attached hydrogen (secondary N) is 2. The predicted octanol–water partition coefficient (Wildman–Crippen LogP) is 2.67. The Bertz CT molecular complexity index is 741. The molecule has 1 aromatic heterocycles. The molecule has 1 atom stereocenters. The van der Waals surface area contributed by atoms with Crippen molar-refractivity contribution >= 4 is 28.8 Å². The predicted molar refractivity (Wildman–Crippen MR) is 96.5 cm³/mol. The molecular formula is C18H21N3O2S. The largest absolute Gasteiger partial charge is 0.350 e. The van der Waals surface area contributed by atoms with Gasteiger partial charge < -0.3 is 15.5 Å². The van der Waals surface area contributed by atoms with E-state index in [0.717, 1.165) is 11.3 Å². The van der Waals surface area contributed by atoms with E-state index in [-0.39, 0.29) is 17.9 Å². The Morgan fingerprint density at radius 2 is 2.17 bits per heavy atom. The lowest BCUT2D eigenvalue weighted by Crippen LogP contribution is -2.34. The molecule has 2 N–H and O–H groups in total. The van der Waals surface area contributed by atoms with Gasteiger partial charge in [0.15, 0.2) is 0 Å². The summed E-state index contributed by atoms with van der Waals surface area (Å²) in [5.41, 5.74) is 2.46. The van der Waals surface area contributed by atoms with Crippen molar-refractivity contribution in [2.75, 3.05) is 26.0 Å². The van der Waals surface area contributed by atoms with E-state index in [1.807, 2.05) is 37.7 Å². The molecule has 2 heterocycles. The molecule has 0 bridgehead atoms. The Morgan fingerprint density at radius 3 is 2.88 bits per heavy atom. The van der Waals surface area contributed by atoms with E-state index in [9.17, 15) is 9.59 Å². The fourth-order valence-corrected chi connectivity index (χ4v) is 3.76. The van der Waals surface area contributed by atoms with Crippen LogP contribution in [0.25, 0.3) is 0 Å². The normalized spacial score (nSPS) is 14.9. The Kier molecular flexibility index (Phi) is 4.97. The molecule has 1 aromatic carbocycles. The van der Waals surface area contributed by atoms with E-state index in [1.54, 1.807) is 17.4 Å². The van der Waals surface area contributed by atoms with Gasteiger partial charge in [0, 0.05) is 29.1 Å². The van der Waals surface area contributed by atoms with E-state index >= 15 is 0 Å². The number of amides is 2. The van der Waals surface area contributed by atoms with Gasteiger partial charge in [-0.05, 0) is 55.7 Å². The average molecular weight is 343 g/mol. The van der Waals surface area contributed by atoms with Gasteiger partial charge in [0.25, 0.3) is 5.91 Å². The third-order valence-corrected chi connectivity index (χ3v) is 5.19. The van der Waals surface area contributed by atoms with Gasteiger partial charge in [-0.2, -0.15) is 0 Å². The van der Waals surface area contributed by atoms with Crippen LogP contribution < -0.4 is 10.6 Å². The summed E-state index contributed by atoms with van der Waals surface area (Å²) in [6.07, 6.45) is 1.15. The fraction of sp³-hybridized carbons (Fsp3) is 0.333. The maximum atomic E-state index is 12.5. The molecule has 0 fully saturated rings. The summed E-state index contributed by atoms with van der Waals surface area (Å²) in [4.78, 5) is 27.2. The summed E-state index contributed by atoms with van der Waals surface area (Å²) in [5, 5.41) is 7.90. The van der Waals surface area contributed by atoms with Crippen molar-refractivity contribution in [3.05, 3.63) is 51.7 Å². The highest BCUT2D eigenvalue weighted by atomic mass is 32.1. The second kappa shape index (κ2) is 7.15. The van der Waals surface area contributed by atoms with Crippen molar-refractivity contribution in [3.8, 4) is 0 Å². The quantitative estimate of drug-likeness (QED) is 0.877. The van der Waals surface area contributed by atoms with Gasteiger partial charge >= 0.3 is 0 Å². The molecule has 126 valence electrons. The molecule has 0 spiro atoms. The molecule has 0 saturated heterocycles. The van der Waals surface area contributed by atoms with E-state index in [1.165, 1.54) is 4.88 Å². The number of rotatable bonds is 5. The Hall–Kier alpha value is -2.18. The molecular weight excluding hydrogens is 322 g/mol. The van der Waals surface area contributed by atoms with Crippen LogP contribution in [0.1, 0.15) is 33.3 Å². The van der Waals surface area contributed by atoms with Gasteiger partial charge in [-0.3, -0.25) is 9.59 Å². The Labute approximate surface area is 145 Å². The van der Waals surface area contributed by atoms with Crippen molar-refractivity contribution in [1.82, 2.24) is 10.2 Å². The molecule has 2 aromatic rings. The maximum Gasteiger partial charge on any atom is 0.251 e. The number of nitrogens with zero attached hydrogens (tertiary/aromatic N) is 1. The summed E-state index contributed by atoms with van der Waals surface area (Å²) in [7, 11) is 4.02. The van der Waals surface area contributed by atoms with Crippen LogP contribution >= 0.6 is 11.3 Å². The third-order valence-electron chi connectivity index (χ3n) is 4.21. The average Bonchev–Trinajstić information content (AvgIpc) is 3.08. The summed E-state index contributed by atoms with van der Waals surface area (Å²) < 4.78 is 0. The number of fused-ring (bicyclic) bond motifs is 1. The third kappa shape index (κ3) is 3.66. The zero-order valence-corrected chi connectivity index (χ0v) is 14.7. The topological polar surface area (TPSA) is 61.4 Å². The van der Waals surface area contributed by atoms with Gasteiger partial charge in [-0.25, -0.2) is 0 Å². The minimum Gasteiger partial charge on any atom is -0.350 e. The van der Waals surface area contributed by atoms with Crippen LogP contribution in [0.4, 0.5) is 5.69 Å². The van der Waals surface area contributed by atoms with Gasteiger partial charge in [0.2, 0.25) is 5.91 Å². The van der Waals surface area contributed by atoms with Crippen molar-refractivity contribution in [1.29, 1.82) is 0 Å². The molecule has 3 rings (SSSR count). The van der Waals surface area contributed by atoms with Gasteiger partial charge in [-0.1, -0.05) is 6.07 Å². The minimum atomic E-state index is -0.0851. The van der Waals surface area contributed by atoms with Gasteiger partial charge in [0.1, 0.15) is 0 Å². The van der Waals surface area contributed by atoms with Crippen LogP contribution in [0.2, 0.25) is 0 Å². The highest BCUT2D eigenvalue weighted by Crippen LogP contribution is 2.24. The Balaban J connectivity index is 1.68. The minimum absolute atomic E-state index is 0.0319. The van der Waals surface area contributed by atoms with Crippen molar-refractivity contribution in [3.63, 3.8) is 0 Å². The first-order chi connectivity index (χ1) is 11.5. The number of thiophene rings is 1. The molecule has 6 heteroatoms. The first-order valence-electron chi connectivity index (χ1n) is 7.95. The lowest BCUT2D eigenvalue weighted by molar-refractivity contribution is -0.116. The second-order valence-corrected chi connectivity index (χ2v) is 7.10. The molecule has 0 unspecified atom stereocenters. The molecule has 0 radical (unpaired) electrons. The number of carbonyl (C=O) groups excluding carboxylic acids is 2.